The van der Waals surface area contributed by atoms with Crippen LogP contribution < -0.4 is 0 Å². The van der Waals surface area contributed by atoms with Gasteiger partial charge >= 0.3 is 0 Å². The maximum absolute atomic E-state index is 10.0. The quantitative estimate of drug-likeness (QED) is 0.121. The zero-order chi connectivity index (χ0) is 24.2. The molecular weight excluding hydrogens is 631 g/mol. The third-order valence-corrected chi connectivity index (χ3v) is 6.35. The van der Waals surface area contributed by atoms with Gasteiger partial charge in [-0.15, -0.1) is 46.2 Å². The molecule has 3 aromatic carbocycles. The Hall–Kier alpha value is -3.11. The first-order valence-corrected chi connectivity index (χ1v) is 11.9. The van der Waals surface area contributed by atoms with E-state index in [1.54, 1.807) is 11.3 Å². The largest absolute Gasteiger partial charge is 0.512 e. The number of aryl methyl sites for hydroxylation is 2. The number of aromatic nitrogens is 1. The summed E-state index contributed by atoms with van der Waals surface area (Å²) in [6, 6.07) is 29.4. The minimum atomic E-state index is -0.125. The molecule has 0 amide bonds. The third-order valence-electron chi connectivity index (χ3n) is 5.25. The number of aliphatic hydroxyl groups excluding tert-OH is 1. The van der Waals surface area contributed by atoms with Gasteiger partial charge in [0.15, 0.2) is 5.78 Å². The molecule has 0 unspecified atom stereocenters. The maximum Gasteiger partial charge on any atom is 0.155 e. The number of carbonyl (C=O) groups is 1. The summed E-state index contributed by atoms with van der Waals surface area (Å²) < 4.78 is 0. The van der Waals surface area contributed by atoms with Gasteiger partial charge in [-0.1, -0.05) is 62.4 Å². The van der Waals surface area contributed by atoms with Gasteiger partial charge in [0.1, 0.15) is 4.83 Å². The number of hydrogen-bond donors (Lipinski definition) is 1. The van der Waals surface area contributed by atoms with Gasteiger partial charge in [-0.3, -0.25) is 9.78 Å². The van der Waals surface area contributed by atoms with Crippen LogP contribution in [0.15, 0.2) is 84.6 Å². The average Bonchev–Trinajstić information content (AvgIpc) is 3.21. The van der Waals surface area contributed by atoms with Gasteiger partial charge in [-0.05, 0) is 48.0 Å². The second kappa shape index (κ2) is 11.5. The van der Waals surface area contributed by atoms with E-state index in [1.807, 2.05) is 0 Å². The Morgan fingerprint density at radius 2 is 1.63 bits per heavy atom. The Balaban J connectivity index is 0.000000378. The molecule has 179 valence electrons. The molecule has 0 spiro atoms. The molecule has 2 aromatic heterocycles. The Morgan fingerprint density at radius 1 is 0.914 bits per heavy atom. The fourth-order valence-electron chi connectivity index (χ4n) is 3.88. The van der Waals surface area contributed by atoms with E-state index >= 15 is 0 Å². The van der Waals surface area contributed by atoms with Gasteiger partial charge in [0.05, 0.1) is 5.76 Å². The van der Waals surface area contributed by atoms with Crippen molar-refractivity contribution in [3.63, 3.8) is 0 Å². The summed E-state index contributed by atoms with van der Waals surface area (Å²) in [6.07, 6.45) is 1.17. The first kappa shape index (κ1) is 26.5. The van der Waals surface area contributed by atoms with Crippen LogP contribution in [0.25, 0.3) is 42.7 Å². The second-order valence-corrected chi connectivity index (χ2v) is 9.44. The first-order chi connectivity index (χ1) is 16.3. The predicted molar refractivity (Wildman–Crippen MR) is 143 cm³/mol. The molecule has 1 N–H and O–H groups in total. The van der Waals surface area contributed by atoms with E-state index in [0.717, 1.165) is 21.7 Å². The number of ketones is 1. The minimum Gasteiger partial charge on any atom is -0.512 e. The van der Waals surface area contributed by atoms with Crippen LogP contribution in [0.1, 0.15) is 25.0 Å². The SMILES string of the molecule is CC(=O)/C=C(/C)O.Cc1[c-]c(-c2ccc3cc(-c4ccc5ccccc5c4)sc3n2)cc(C)c1.[Ir]. The molecular formula is C30H26IrNO2S-. The van der Waals surface area contributed by atoms with Crippen molar-refractivity contribution in [2.45, 2.75) is 27.7 Å². The van der Waals surface area contributed by atoms with Crippen LogP contribution in [0, 0.1) is 19.9 Å². The number of thiophene rings is 1. The van der Waals surface area contributed by atoms with Crippen molar-refractivity contribution >= 4 is 38.1 Å². The molecule has 5 rings (SSSR count). The molecule has 0 fully saturated rings. The van der Waals surface area contributed by atoms with Crippen LogP contribution >= 0.6 is 11.3 Å². The number of rotatable bonds is 3. The molecule has 3 nitrogen and oxygen atoms in total. The number of benzene rings is 3. The number of allylic oxidation sites excluding steroid dienone is 2. The summed E-state index contributed by atoms with van der Waals surface area (Å²) in [6.45, 7) is 7.05. The Labute approximate surface area is 223 Å². The van der Waals surface area contributed by atoms with Crippen LogP contribution in [0.5, 0.6) is 0 Å². The molecule has 0 aliphatic rings. The van der Waals surface area contributed by atoms with Crippen molar-refractivity contribution in [2.24, 2.45) is 0 Å². The topological polar surface area (TPSA) is 50.2 Å². The number of fused-ring (bicyclic) bond motifs is 2. The summed E-state index contributed by atoms with van der Waals surface area (Å²) >= 11 is 1.75. The zero-order valence-corrected chi connectivity index (χ0v) is 23.3. The smallest absolute Gasteiger partial charge is 0.155 e. The van der Waals surface area contributed by atoms with Gasteiger partial charge < -0.3 is 5.11 Å². The second-order valence-electron chi connectivity index (χ2n) is 8.41. The Kier molecular flexibility index (Phi) is 8.74. The molecule has 5 heteroatoms. The number of hydrogen-bond acceptors (Lipinski definition) is 4. The molecule has 1 radical (unpaired) electrons. The van der Waals surface area contributed by atoms with E-state index < -0.39 is 0 Å². The predicted octanol–water partition coefficient (Wildman–Crippen LogP) is 8.24. The Morgan fingerprint density at radius 3 is 2.29 bits per heavy atom. The van der Waals surface area contributed by atoms with Gasteiger partial charge in [0.2, 0.25) is 0 Å². The number of pyridine rings is 1. The molecule has 2 heterocycles. The van der Waals surface area contributed by atoms with Gasteiger partial charge in [-0.25, -0.2) is 0 Å². The first-order valence-electron chi connectivity index (χ1n) is 11.1. The molecule has 0 aliphatic heterocycles. The number of aliphatic hydroxyl groups is 1. The van der Waals surface area contributed by atoms with Crippen LogP contribution in [-0.2, 0) is 24.9 Å². The van der Waals surface area contributed by atoms with E-state index in [1.165, 1.54) is 52.1 Å². The summed E-state index contributed by atoms with van der Waals surface area (Å²) in [5, 5.41) is 12.1. The van der Waals surface area contributed by atoms with Crippen molar-refractivity contribution in [3.05, 3.63) is 102 Å². The van der Waals surface area contributed by atoms with Crippen LogP contribution in [0.3, 0.4) is 0 Å². The minimum absolute atomic E-state index is 0. The molecule has 35 heavy (non-hydrogen) atoms. The molecule has 0 aliphatic carbocycles. The summed E-state index contributed by atoms with van der Waals surface area (Å²) in [7, 11) is 0. The van der Waals surface area contributed by atoms with E-state index in [-0.39, 0.29) is 31.6 Å². The molecule has 0 bridgehead atoms. The fourth-order valence-corrected chi connectivity index (χ4v) is 4.91. The van der Waals surface area contributed by atoms with E-state index in [4.69, 9.17) is 10.1 Å². The van der Waals surface area contributed by atoms with Crippen molar-refractivity contribution < 1.29 is 30.0 Å². The van der Waals surface area contributed by atoms with E-state index in [0.29, 0.717) is 0 Å². The fraction of sp³-hybridized carbons (Fsp3) is 0.133. The number of nitrogens with zero attached hydrogens (tertiary/aromatic N) is 1. The van der Waals surface area contributed by atoms with Crippen molar-refractivity contribution in [2.75, 3.05) is 0 Å². The van der Waals surface area contributed by atoms with E-state index in [9.17, 15) is 4.79 Å². The van der Waals surface area contributed by atoms with Crippen molar-refractivity contribution in [3.8, 4) is 21.7 Å². The average molecular weight is 657 g/mol. The van der Waals surface area contributed by atoms with Gasteiger partial charge in [0.25, 0.3) is 0 Å². The Bertz CT molecular complexity index is 1510. The monoisotopic (exact) mass is 657 g/mol. The normalized spacial score (nSPS) is 11.0. The zero-order valence-electron chi connectivity index (χ0n) is 20.0. The number of carbonyl (C=O) groups excluding carboxylic acids is 1. The maximum atomic E-state index is 10.0. The van der Waals surface area contributed by atoms with Gasteiger partial charge in [0, 0.05) is 36.4 Å². The van der Waals surface area contributed by atoms with Gasteiger partial charge in [-0.2, -0.15) is 0 Å². The van der Waals surface area contributed by atoms with Crippen LogP contribution in [0.2, 0.25) is 0 Å². The van der Waals surface area contributed by atoms with Crippen LogP contribution in [-0.4, -0.2) is 15.9 Å². The van der Waals surface area contributed by atoms with Crippen molar-refractivity contribution in [1.29, 1.82) is 0 Å². The summed E-state index contributed by atoms with van der Waals surface area (Å²) in [5.74, 6) is -0.0625. The van der Waals surface area contributed by atoms with Crippen LogP contribution in [0.4, 0.5) is 0 Å². The summed E-state index contributed by atoms with van der Waals surface area (Å²) in [5.41, 5.74) is 5.69. The molecule has 0 saturated heterocycles. The van der Waals surface area contributed by atoms with E-state index in [2.05, 4.69) is 92.7 Å². The molecule has 5 aromatic rings. The third kappa shape index (κ3) is 6.73. The van der Waals surface area contributed by atoms with Crippen molar-refractivity contribution in [1.82, 2.24) is 4.98 Å². The standard InChI is InChI=1S/C25H18NS.C5H8O2.Ir/c1-16-11-17(2)13-22(12-16)23-10-9-21-15-24(27-25(21)26-23)20-8-7-18-5-3-4-6-19(18)14-20;1-4(6)3-5(2)7;/h3-12,14-15H,1-2H3;3,6H,1-2H3;/q-1;;/b;4-3-;. The molecule has 0 saturated carbocycles. The summed E-state index contributed by atoms with van der Waals surface area (Å²) in [4.78, 5) is 17.3. The molecule has 0 atom stereocenters.